The van der Waals surface area contributed by atoms with Crippen LogP contribution in [0.1, 0.15) is 19.1 Å². The highest BCUT2D eigenvalue weighted by Crippen LogP contribution is 2.32. The van der Waals surface area contributed by atoms with E-state index in [0.29, 0.717) is 19.5 Å². The summed E-state index contributed by atoms with van der Waals surface area (Å²) >= 11 is 3.42. The van der Waals surface area contributed by atoms with Crippen molar-refractivity contribution in [3.8, 4) is 11.3 Å². The van der Waals surface area contributed by atoms with Gasteiger partial charge in [0.25, 0.3) is 0 Å². The van der Waals surface area contributed by atoms with Crippen molar-refractivity contribution in [2.45, 2.75) is 19.9 Å². The lowest BCUT2D eigenvalue weighted by Gasteiger charge is -2.19. The Bertz CT molecular complexity index is 679. The van der Waals surface area contributed by atoms with Gasteiger partial charge in [-0.05, 0) is 44.2 Å². The quantitative estimate of drug-likeness (QED) is 0.891. The molecule has 1 aromatic carbocycles. The Morgan fingerprint density at radius 1 is 1.32 bits per heavy atom. The molecule has 1 aliphatic rings. The van der Waals surface area contributed by atoms with E-state index in [4.69, 9.17) is 4.42 Å². The third-order valence-corrected chi connectivity index (χ3v) is 4.77. The lowest BCUT2D eigenvalue weighted by molar-refractivity contribution is -0.147. The van der Waals surface area contributed by atoms with E-state index in [1.54, 1.807) is 0 Å². The Balaban J connectivity index is 1.68. The minimum absolute atomic E-state index is 0.566. The molecule has 1 aliphatic heterocycles. The zero-order valence-electron chi connectivity index (χ0n) is 12.4. The third kappa shape index (κ3) is 3.10. The van der Waals surface area contributed by atoms with Crippen LogP contribution in [0.4, 0.5) is 0 Å². The van der Waals surface area contributed by atoms with E-state index in [0.717, 1.165) is 28.1 Å². The van der Waals surface area contributed by atoms with Crippen LogP contribution in [0.15, 0.2) is 45.3 Å². The van der Waals surface area contributed by atoms with E-state index in [1.807, 2.05) is 43.3 Å². The molecule has 0 spiro atoms. The second kappa shape index (κ2) is 5.89. The first-order valence-electron chi connectivity index (χ1n) is 7.27. The number of hydrogen-bond acceptors (Lipinski definition) is 3. The van der Waals surface area contributed by atoms with Gasteiger partial charge in [0.2, 0.25) is 0 Å². The average molecular weight is 364 g/mol. The molecule has 0 saturated carbocycles. The normalized spacial score (nSPS) is 22.1. The van der Waals surface area contributed by atoms with Crippen molar-refractivity contribution in [2.75, 3.05) is 13.1 Å². The Labute approximate surface area is 137 Å². The molecule has 22 heavy (non-hydrogen) atoms. The molecular weight excluding hydrogens is 346 g/mol. The summed E-state index contributed by atoms with van der Waals surface area (Å²) in [6.45, 7) is 3.82. The van der Waals surface area contributed by atoms with Gasteiger partial charge in [-0.3, -0.25) is 9.69 Å². The summed E-state index contributed by atoms with van der Waals surface area (Å²) in [7, 11) is 0. The van der Waals surface area contributed by atoms with Gasteiger partial charge in [0.05, 0.1) is 12.0 Å². The maximum absolute atomic E-state index is 11.3. The minimum atomic E-state index is -0.718. The van der Waals surface area contributed by atoms with E-state index in [-0.39, 0.29) is 0 Å². The first-order valence-corrected chi connectivity index (χ1v) is 8.06. The van der Waals surface area contributed by atoms with Crippen molar-refractivity contribution in [1.29, 1.82) is 0 Å². The molecule has 0 aliphatic carbocycles. The molecule has 2 heterocycles. The predicted molar refractivity (Wildman–Crippen MR) is 87.5 cm³/mol. The van der Waals surface area contributed by atoms with Crippen LogP contribution in [-0.4, -0.2) is 29.1 Å². The number of furan rings is 1. The van der Waals surface area contributed by atoms with Crippen molar-refractivity contribution in [3.05, 3.63) is 46.6 Å². The Kier molecular flexibility index (Phi) is 4.10. The number of halogens is 1. The molecule has 4 nitrogen and oxygen atoms in total. The van der Waals surface area contributed by atoms with Gasteiger partial charge >= 0.3 is 5.97 Å². The summed E-state index contributed by atoms with van der Waals surface area (Å²) in [5.74, 6) is 0.986. The molecule has 1 unspecified atom stereocenters. The fourth-order valence-corrected chi connectivity index (χ4v) is 3.08. The number of carbonyl (C=O) groups is 1. The standard InChI is InChI=1S/C17H18BrNO3/c1-17(16(20)21)8-9-19(11-17)10-14-6-7-15(22-14)12-2-4-13(18)5-3-12/h2-7H,8-11H2,1H3,(H,20,21). The van der Waals surface area contributed by atoms with Crippen LogP contribution in [0, 0.1) is 5.41 Å². The van der Waals surface area contributed by atoms with Gasteiger partial charge in [0, 0.05) is 16.6 Å². The molecule has 0 radical (unpaired) electrons. The number of rotatable bonds is 4. The Hall–Kier alpha value is -1.59. The number of nitrogens with zero attached hydrogens (tertiary/aromatic N) is 1. The van der Waals surface area contributed by atoms with Gasteiger partial charge in [-0.1, -0.05) is 28.1 Å². The first kappa shape index (κ1) is 15.3. The fraction of sp³-hybridized carbons (Fsp3) is 0.353. The van der Waals surface area contributed by atoms with Crippen LogP contribution >= 0.6 is 15.9 Å². The van der Waals surface area contributed by atoms with Crippen molar-refractivity contribution < 1.29 is 14.3 Å². The Morgan fingerprint density at radius 2 is 2.05 bits per heavy atom. The second-order valence-corrected chi connectivity index (χ2v) is 7.01. The molecule has 1 saturated heterocycles. The van der Waals surface area contributed by atoms with Gasteiger partial charge in [0.15, 0.2) is 0 Å². The highest BCUT2D eigenvalue weighted by Gasteiger charge is 2.40. The van der Waals surface area contributed by atoms with Gasteiger partial charge in [-0.2, -0.15) is 0 Å². The summed E-state index contributed by atoms with van der Waals surface area (Å²) in [6.07, 6.45) is 0.683. The van der Waals surface area contributed by atoms with Crippen LogP contribution < -0.4 is 0 Å². The van der Waals surface area contributed by atoms with Gasteiger partial charge in [0.1, 0.15) is 11.5 Å². The van der Waals surface area contributed by atoms with E-state index in [9.17, 15) is 9.90 Å². The summed E-state index contributed by atoms with van der Waals surface area (Å²) < 4.78 is 6.93. The van der Waals surface area contributed by atoms with Crippen LogP contribution in [-0.2, 0) is 11.3 Å². The van der Waals surface area contributed by atoms with Gasteiger partial charge in [-0.25, -0.2) is 0 Å². The molecule has 3 rings (SSSR count). The van der Waals surface area contributed by atoms with Crippen LogP contribution in [0.2, 0.25) is 0 Å². The van der Waals surface area contributed by atoms with Gasteiger partial charge < -0.3 is 9.52 Å². The molecule has 2 aromatic rings. The molecular formula is C17H18BrNO3. The maximum Gasteiger partial charge on any atom is 0.310 e. The van der Waals surface area contributed by atoms with Crippen LogP contribution in [0.5, 0.6) is 0 Å². The largest absolute Gasteiger partial charge is 0.481 e. The summed E-state index contributed by atoms with van der Waals surface area (Å²) in [6, 6.07) is 11.9. The molecule has 116 valence electrons. The number of aliphatic carboxylic acids is 1. The summed E-state index contributed by atoms with van der Waals surface area (Å²) in [5, 5.41) is 9.28. The van der Waals surface area contributed by atoms with E-state index in [1.165, 1.54) is 0 Å². The number of likely N-dealkylation sites (tertiary alicyclic amines) is 1. The predicted octanol–water partition coefficient (Wildman–Crippen LogP) is 4.01. The molecule has 5 heteroatoms. The van der Waals surface area contributed by atoms with E-state index < -0.39 is 11.4 Å². The highest BCUT2D eigenvalue weighted by atomic mass is 79.9. The highest BCUT2D eigenvalue weighted by molar-refractivity contribution is 9.10. The third-order valence-electron chi connectivity index (χ3n) is 4.24. The summed E-state index contributed by atoms with van der Waals surface area (Å²) in [5.41, 5.74) is 0.396. The molecule has 0 amide bonds. The SMILES string of the molecule is CC1(C(=O)O)CCN(Cc2ccc(-c3ccc(Br)cc3)o2)C1. The van der Waals surface area contributed by atoms with Crippen LogP contribution in [0.25, 0.3) is 11.3 Å². The van der Waals surface area contributed by atoms with E-state index >= 15 is 0 Å². The molecule has 0 bridgehead atoms. The summed E-state index contributed by atoms with van der Waals surface area (Å²) in [4.78, 5) is 13.4. The van der Waals surface area contributed by atoms with Crippen molar-refractivity contribution in [2.24, 2.45) is 5.41 Å². The van der Waals surface area contributed by atoms with E-state index in [2.05, 4.69) is 20.8 Å². The number of carboxylic acids is 1. The number of hydrogen-bond donors (Lipinski definition) is 1. The number of benzene rings is 1. The Morgan fingerprint density at radius 3 is 2.68 bits per heavy atom. The maximum atomic E-state index is 11.3. The first-order chi connectivity index (χ1) is 10.5. The molecule has 1 aromatic heterocycles. The average Bonchev–Trinajstić information content (AvgIpc) is 3.08. The minimum Gasteiger partial charge on any atom is -0.481 e. The fourth-order valence-electron chi connectivity index (χ4n) is 2.82. The monoisotopic (exact) mass is 363 g/mol. The lowest BCUT2D eigenvalue weighted by Crippen LogP contribution is -2.31. The van der Waals surface area contributed by atoms with Crippen LogP contribution in [0.3, 0.4) is 0 Å². The smallest absolute Gasteiger partial charge is 0.310 e. The van der Waals surface area contributed by atoms with Crippen molar-refractivity contribution >= 4 is 21.9 Å². The van der Waals surface area contributed by atoms with Gasteiger partial charge in [-0.15, -0.1) is 0 Å². The molecule has 1 fully saturated rings. The molecule has 1 atom stereocenters. The van der Waals surface area contributed by atoms with Crippen molar-refractivity contribution in [1.82, 2.24) is 4.90 Å². The topological polar surface area (TPSA) is 53.7 Å². The zero-order valence-corrected chi connectivity index (χ0v) is 14.0. The lowest BCUT2D eigenvalue weighted by atomic mass is 9.90. The zero-order chi connectivity index (χ0) is 15.7. The number of carboxylic acid groups (broad SMARTS) is 1. The van der Waals surface area contributed by atoms with Crippen molar-refractivity contribution in [3.63, 3.8) is 0 Å². The molecule has 1 N–H and O–H groups in total. The second-order valence-electron chi connectivity index (χ2n) is 6.10.